The van der Waals surface area contributed by atoms with Gasteiger partial charge in [-0.05, 0) is 12.2 Å². The second-order valence-electron chi connectivity index (χ2n) is 4.54. The molecule has 2 rings (SSSR count). The summed E-state index contributed by atoms with van der Waals surface area (Å²) in [6.07, 6.45) is -0.390. The molecule has 0 aromatic rings. The Labute approximate surface area is 115 Å². The molecule has 0 aromatic heterocycles. The lowest BCUT2D eigenvalue weighted by Gasteiger charge is -2.31. The number of amidine groups is 1. The van der Waals surface area contributed by atoms with E-state index in [4.69, 9.17) is 10.5 Å². The monoisotopic (exact) mass is 281 g/mol. The highest BCUT2D eigenvalue weighted by molar-refractivity contribution is 5.92. The highest BCUT2D eigenvalue weighted by atomic mass is 19.1. The average molecular weight is 281 g/mol. The molecule has 0 radical (unpaired) electrons. The first-order valence-corrected chi connectivity index (χ1v) is 5.92. The molecule has 2 heterocycles. The standard InChI is InChI=1S/C13H16FN3O3/c1-3-5-13(7-18)11(19)10(14)12(20-13)17-6-4-9(15)16-8(17)2/h4-6,10-12,18-19H,1-2,7H2,(H2,15,16)/t10-,11-,12+,13+/m0/s1. The lowest BCUT2D eigenvalue weighted by molar-refractivity contribution is -0.106. The zero-order valence-corrected chi connectivity index (χ0v) is 10.7. The summed E-state index contributed by atoms with van der Waals surface area (Å²) in [6, 6.07) is 0. The molecule has 1 saturated heterocycles. The minimum atomic E-state index is -1.78. The molecule has 2 aliphatic rings. The van der Waals surface area contributed by atoms with Crippen molar-refractivity contribution in [3.8, 4) is 0 Å². The predicted octanol–water partition coefficient (Wildman–Crippen LogP) is -0.228. The zero-order valence-electron chi connectivity index (χ0n) is 10.7. The van der Waals surface area contributed by atoms with Gasteiger partial charge >= 0.3 is 0 Å². The second-order valence-corrected chi connectivity index (χ2v) is 4.54. The lowest BCUT2D eigenvalue weighted by atomic mass is 9.96. The predicted molar refractivity (Wildman–Crippen MR) is 71.0 cm³/mol. The van der Waals surface area contributed by atoms with Crippen molar-refractivity contribution in [1.82, 2.24) is 4.90 Å². The molecule has 6 nitrogen and oxygen atoms in total. The summed E-state index contributed by atoms with van der Waals surface area (Å²) in [5, 5.41) is 19.4. The van der Waals surface area contributed by atoms with E-state index in [1.807, 2.05) is 0 Å². The van der Waals surface area contributed by atoms with Crippen molar-refractivity contribution in [2.24, 2.45) is 10.7 Å². The molecule has 1 fully saturated rings. The third-order valence-electron chi connectivity index (χ3n) is 3.24. The maximum absolute atomic E-state index is 14.3. The summed E-state index contributed by atoms with van der Waals surface area (Å²) in [5.74, 6) is 0.417. The molecule has 4 atom stereocenters. The first-order chi connectivity index (χ1) is 9.45. The molecule has 0 bridgehead atoms. The molecule has 2 aliphatic heterocycles. The normalized spacial score (nSPS) is 36.8. The van der Waals surface area contributed by atoms with Gasteiger partial charge in [0.1, 0.15) is 23.4 Å². The number of halogens is 1. The number of aliphatic imine (C=N–C) groups is 1. The van der Waals surface area contributed by atoms with Crippen LogP contribution in [-0.4, -0.2) is 51.7 Å². The smallest absolute Gasteiger partial charge is 0.174 e. The SMILES string of the molecule is C=C=C[C@]1(CO)O[C@@H](N2C=CC(N)=NC2=C)[C@@H](F)[C@@H]1O. The average Bonchev–Trinajstić information content (AvgIpc) is 2.65. The van der Waals surface area contributed by atoms with Gasteiger partial charge < -0.3 is 25.6 Å². The molecule has 20 heavy (non-hydrogen) atoms. The van der Waals surface area contributed by atoms with Crippen LogP contribution in [0.2, 0.25) is 0 Å². The lowest BCUT2D eigenvalue weighted by Crippen LogP contribution is -2.43. The van der Waals surface area contributed by atoms with E-state index in [9.17, 15) is 14.6 Å². The van der Waals surface area contributed by atoms with Crippen LogP contribution in [0.25, 0.3) is 0 Å². The number of ether oxygens (including phenoxy) is 1. The van der Waals surface area contributed by atoms with Gasteiger partial charge in [0.2, 0.25) is 0 Å². The van der Waals surface area contributed by atoms with Gasteiger partial charge in [0.05, 0.1) is 6.61 Å². The van der Waals surface area contributed by atoms with Gasteiger partial charge in [-0.15, -0.1) is 5.73 Å². The van der Waals surface area contributed by atoms with E-state index in [-0.39, 0.29) is 11.7 Å². The Morgan fingerprint density at radius 2 is 2.40 bits per heavy atom. The molecule has 0 saturated carbocycles. The van der Waals surface area contributed by atoms with E-state index >= 15 is 0 Å². The van der Waals surface area contributed by atoms with E-state index in [0.29, 0.717) is 0 Å². The van der Waals surface area contributed by atoms with Crippen molar-refractivity contribution < 1.29 is 19.3 Å². The summed E-state index contributed by atoms with van der Waals surface area (Å²) >= 11 is 0. The molecule has 108 valence electrons. The topological polar surface area (TPSA) is 91.3 Å². The molecule has 0 aromatic carbocycles. The number of nitrogens with two attached hydrogens (primary N) is 1. The van der Waals surface area contributed by atoms with Crippen LogP contribution in [-0.2, 0) is 4.74 Å². The Morgan fingerprint density at radius 3 is 2.95 bits per heavy atom. The zero-order chi connectivity index (χ0) is 14.9. The van der Waals surface area contributed by atoms with Gasteiger partial charge in [-0.2, -0.15) is 0 Å². The molecule has 0 spiro atoms. The number of aliphatic hydroxyl groups is 2. The number of alkyl halides is 1. The molecule has 0 amide bonds. The van der Waals surface area contributed by atoms with Crippen LogP contribution in [0.15, 0.2) is 48.1 Å². The van der Waals surface area contributed by atoms with Crippen LogP contribution < -0.4 is 5.73 Å². The third kappa shape index (κ3) is 2.17. The Morgan fingerprint density at radius 1 is 1.70 bits per heavy atom. The van der Waals surface area contributed by atoms with Gasteiger partial charge in [-0.3, -0.25) is 0 Å². The maximum Gasteiger partial charge on any atom is 0.174 e. The van der Waals surface area contributed by atoms with Gasteiger partial charge in [0, 0.05) is 6.20 Å². The highest BCUT2D eigenvalue weighted by Crippen LogP contribution is 2.37. The Balaban J connectivity index is 2.30. The van der Waals surface area contributed by atoms with Crippen LogP contribution in [0, 0.1) is 0 Å². The molecular weight excluding hydrogens is 265 g/mol. The molecular formula is C13H16FN3O3. The Kier molecular flexibility index (Phi) is 3.78. The number of hydrogen-bond donors (Lipinski definition) is 3. The van der Waals surface area contributed by atoms with E-state index in [2.05, 4.69) is 23.9 Å². The maximum atomic E-state index is 14.3. The van der Waals surface area contributed by atoms with Crippen molar-refractivity contribution in [3.63, 3.8) is 0 Å². The molecule has 0 unspecified atom stereocenters. The fraction of sp³-hybridized carbons (Fsp3) is 0.385. The van der Waals surface area contributed by atoms with E-state index < -0.39 is 30.7 Å². The Bertz CT molecular complexity index is 527. The van der Waals surface area contributed by atoms with Crippen LogP contribution in [0.4, 0.5) is 4.39 Å². The molecule has 0 aliphatic carbocycles. The van der Waals surface area contributed by atoms with E-state index in [1.54, 1.807) is 0 Å². The fourth-order valence-corrected chi connectivity index (χ4v) is 2.18. The molecule has 4 N–H and O–H groups in total. The Hall–Kier alpha value is -1.92. The van der Waals surface area contributed by atoms with Crippen LogP contribution in [0.5, 0.6) is 0 Å². The van der Waals surface area contributed by atoms with Crippen molar-refractivity contribution >= 4 is 5.84 Å². The quantitative estimate of drug-likeness (QED) is 0.622. The fourth-order valence-electron chi connectivity index (χ4n) is 2.18. The number of nitrogens with zero attached hydrogens (tertiary/aromatic N) is 2. The first kappa shape index (κ1) is 14.5. The summed E-state index contributed by atoms with van der Waals surface area (Å²) in [6.45, 7) is 6.39. The van der Waals surface area contributed by atoms with Gasteiger partial charge in [0.15, 0.2) is 12.4 Å². The van der Waals surface area contributed by atoms with Crippen LogP contribution in [0.3, 0.4) is 0 Å². The van der Waals surface area contributed by atoms with Crippen molar-refractivity contribution in [2.45, 2.75) is 24.1 Å². The summed E-state index contributed by atoms with van der Waals surface area (Å²) in [5.41, 5.74) is 6.31. The first-order valence-electron chi connectivity index (χ1n) is 5.92. The van der Waals surface area contributed by atoms with Crippen molar-refractivity contribution in [3.05, 3.63) is 43.1 Å². The van der Waals surface area contributed by atoms with Gasteiger partial charge in [-0.1, -0.05) is 13.2 Å². The summed E-state index contributed by atoms with van der Waals surface area (Å²) < 4.78 is 19.8. The number of rotatable bonds is 3. The minimum absolute atomic E-state index is 0.182. The van der Waals surface area contributed by atoms with Gasteiger partial charge in [0.25, 0.3) is 0 Å². The van der Waals surface area contributed by atoms with Crippen LogP contribution >= 0.6 is 0 Å². The molecule has 7 heteroatoms. The van der Waals surface area contributed by atoms with Crippen molar-refractivity contribution in [2.75, 3.05) is 6.61 Å². The minimum Gasteiger partial charge on any atom is -0.393 e. The second kappa shape index (κ2) is 5.22. The summed E-state index contributed by atoms with van der Waals surface area (Å²) in [4.78, 5) is 5.20. The number of aliphatic hydroxyl groups excluding tert-OH is 2. The highest BCUT2D eigenvalue weighted by Gasteiger charge is 2.55. The van der Waals surface area contributed by atoms with E-state index in [0.717, 1.165) is 0 Å². The summed E-state index contributed by atoms with van der Waals surface area (Å²) in [7, 11) is 0. The van der Waals surface area contributed by atoms with Gasteiger partial charge in [-0.25, -0.2) is 9.38 Å². The largest absolute Gasteiger partial charge is 0.393 e. The van der Waals surface area contributed by atoms with E-state index in [1.165, 1.54) is 23.3 Å². The van der Waals surface area contributed by atoms with Crippen molar-refractivity contribution in [1.29, 1.82) is 0 Å². The van der Waals surface area contributed by atoms with Crippen LogP contribution in [0.1, 0.15) is 0 Å². The third-order valence-corrected chi connectivity index (χ3v) is 3.24. The number of hydrogen-bond acceptors (Lipinski definition) is 6.